The van der Waals surface area contributed by atoms with Crippen LogP contribution < -0.4 is 5.32 Å². The van der Waals surface area contributed by atoms with E-state index in [2.05, 4.69) is 5.32 Å². The average Bonchev–Trinajstić information content (AvgIpc) is 2.83. The molecule has 0 radical (unpaired) electrons. The SMILES string of the molecule is CCN1C(=O)C[C@@H](C(=O)NCCN(C)C)[C@@H]1c1ccccc1C. The van der Waals surface area contributed by atoms with Crippen molar-refractivity contribution in [3.8, 4) is 0 Å². The summed E-state index contributed by atoms with van der Waals surface area (Å²) in [7, 11) is 3.94. The van der Waals surface area contributed by atoms with Crippen LogP contribution in [-0.2, 0) is 9.59 Å². The van der Waals surface area contributed by atoms with E-state index in [4.69, 9.17) is 0 Å². The third kappa shape index (κ3) is 3.91. The maximum Gasteiger partial charge on any atom is 0.226 e. The van der Waals surface area contributed by atoms with Gasteiger partial charge in [0, 0.05) is 26.1 Å². The van der Waals surface area contributed by atoms with Crippen LogP contribution in [0, 0.1) is 12.8 Å². The summed E-state index contributed by atoms with van der Waals surface area (Å²) >= 11 is 0. The van der Waals surface area contributed by atoms with Gasteiger partial charge in [0.15, 0.2) is 0 Å². The molecule has 5 nitrogen and oxygen atoms in total. The van der Waals surface area contributed by atoms with Gasteiger partial charge in [-0.3, -0.25) is 9.59 Å². The maximum atomic E-state index is 12.6. The monoisotopic (exact) mass is 317 g/mol. The Bertz CT molecular complexity index is 571. The number of carbonyl (C=O) groups excluding carboxylic acids is 2. The molecule has 1 aromatic carbocycles. The highest BCUT2D eigenvalue weighted by atomic mass is 16.2. The van der Waals surface area contributed by atoms with Gasteiger partial charge in [-0.2, -0.15) is 0 Å². The standard InChI is InChI=1S/C18H27N3O2/c1-5-21-16(22)12-15(18(23)19-10-11-20(3)4)17(21)14-9-7-6-8-13(14)2/h6-9,15,17H,5,10-12H2,1-4H3,(H,19,23)/t15-,17+/m1/s1. The Labute approximate surface area is 138 Å². The highest BCUT2D eigenvalue weighted by molar-refractivity contribution is 5.90. The number of amides is 2. The molecule has 1 aromatic rings. The van der Waals surface area contributed by atoms with Crippen LogP contribution in [0.4, 0.5) is 0 Å². The summed E-state index contributed by atoms with van der Waals surface area (Å²) in [5.41, 5.74) is 2.20. The normalized spacial score (nSPS) is 21.1. The number of likely N-dealkylation sites (N-methyl/N-ethyl adjacent to an activating group) is 1. The first-order valence-corrected chi connectivity index (χ1v) is 8.23. The first kappa shape index (κ1) is 17.5. The molecule has 2 rings (SSSR count). The highest BCUT2D eigenvalue weighted by Crippen LogP contribution is 2.39. The summed E-state index contributed by atoms with van der Waals surface area (Å²) in [4.78, 5) is 28.8. The smallest absolute Gasteiger partial charge is 0.226 e. The molecule has 1 N–H and O–H groups in total. The Hall–Kier alpha value is -1.88. The molecule has 5 heteroatoms. The van der Waals surface area contributed by atoms with E-state index in [1.54, 1.807) is 0 Å². The summed E-state index contributed by atoms with van der Waals surface area (Å²) in [6, 6.07) is 7.86. The van der Waals surface area contributed by atoms with Crippen molar-refractivity contribution in [3.63, 3.8) is 0 Å². The summed E-state index contributed by atoms with van der Waals surface area (Å²) in [5, 5.41) is 2.98. The van der Waals surface area contributed by atoms with E-state index >= 15 is 0 Å². The molecule has 0 bridgehead atoms. The molecule has 126 valence electrons. The molecule has 2 atom stereocenters. The van der Waals surface area contributed by atoms with Crippen LogP contribution in [0.25, 0.3) is 0 Å². The minimum Gasteiger partial charge on any atom is -0.354 e. The van der Waals surface area contributed by atoms with Crippen LogP contribution in [0.2, 0.25) is 0 Å². The number of nitrogens with one attached hydrogen (secondary N) is 1. The van der Waals surface area contributed by atoms with Crippen LogP contribution in [0.3, 0.4) is 0 Å². The van der Waals surface area contributed by atoms with Gasteiger partial charge in [-0.1, -0.05) is 24.3 Å². The molecule has 1 aliphatic heterocycles. The van der Waals surface area contributed by atoms with E-state index in [-0.39, 0.29) is 23.8 Å². The number of benzene rings is 1. The van der Waals surface area contributed by atoms with Crippen LogP contribution in [0.15, 0.2) is 24.3 Å². The second-order valence-electron chi connectivity index (χ2n) is 6.39. The minimum atomic E-state index is -0.314. The predicted octanol–water partition coefficient (Wildman–Crippen LogP) is 1.58. The van der Waals surface area contributed by atoms with Crippen LogP contribution in [0.1, 0.15) is 30.5 Å². The first-order valence-electron chi connectivity index (χ1n) is 8.23. The van der Waals surface area contributed by atoms with E-state index in [0.717, 1.165) is 17.7 Å². The van der Waals surface area contributed by atoms with Gasteiger partial charge in [-0.25, -0.2) is 0 Å². The van der Waals surface area contributed by atoms with Crippen LogP contribution in [-0.4, -0.2) is 55.3 Å². The number of aryl methyl sites for hydroxylation is 1. The molecule has 0 aliphatic carbocycles. The summed E-state index contributed by atoms with van der Waals surface area (Å²) < 4.78 is 0. The molecule has 1 heterocycles. The maximum absolute atomic E-state index is 12.6. The van der Waals surface area contributed by atoms with Gasteiger partial charge in [-0.15, -0.1) is 0 Å². The van der Waals surface area contributed by atoms with E-state index in [1.165, 1.54) is 0 Å². The quantitative estimate of drug-likeness (QED) is 0.867. The Morgan fingerprint density at radius 1 is 1.35 bits per heavy atom. The number of carbonyl (C=O) groups is 2. The van der Waals surface area contributed by atoms with Gasteiger partial charge in [-0.05, 0) is 39.1 Å². The van der Waals surface area contributed by atoms with Crippen molar-refractivity contribution in [1.82, 2.24) is 15.1 Å². The average molecular weight is 317 g/mol. The Morgan fingerprint density at radius 3 is 2.65 bits per heavy atom. The van der Waals surface area contributed by atoms with Crippen LogP contribution in [0.5, 0.6) is 0 Å². The lowest BCUT2D eigenvalue weighted by atomic mass is 9.90. The predicted molar refractivity (Wildman–Crippen MR) is 91.0 cm³/mol. The molecule has 0 unspecified atom stereocenters. The molecule has 1 saturated heterocycles. The lowest BCUT2D eigenvalue weighted by Gasteiger charge is -2.28. The van der Waals surface area contributed by atoms with E-state index in [1.807, 2.05) is 62.0 Å². The highest BCUT2D eigenvalue weighted by Gasteiger charge is 2.44. The third-order valence-electron chi connectivity index (χ3n) is 4.47. The van der Waals surface area contributed by atoms with E-state index in [9.17, 15) is 9.59 Å². The molecule has 23 heavy (non-hydrogen) atoms. The van der Waals surface area contributed by atoms with Gasteiger partial charge >= 0.3 is 0 Å². The number of hydrogen-bond donors (Lipinski definition) is 1. The fourth-order valence-electron chi connectivity index (χ4n) is 3.24. The Morgan fingerprint density at radius 2 is 2.04 bits per heavy atom. The summed E-state index contributed by atoms with van der Waals surface area (Å²) in [6.45, 7) is 6.02. The van der Waals surface area contributed by atoms with Crippen molar-refractivity contribution in [1.29, 1.82) is 0 Å². The van der Waals surface area contributed by atoms with E-state index in [0.29, 0.717) is 19.5 Å². The topological polar surface area (TPSA) is 52.7 Å². The number of likely N-dealkylation sites (tertiary alicyclic amines) is 1. The fraction of sp³-hybridized carbons (Fsp3) is 0.556. The van der Waals surface area contributed by atoms with Crippen molar-refractivity contribution < 1.29 is 9.59 Å². The van der Waals surface area contributed by atoms with Gasteiger partial charge in [0.2, 0.25) is 11.8 Å². The van der Waals surface area contributed by atoms with E-state index < -0.39 is 0 Å². The van der Waals surface area contributed by atoms with Gasteiger partial charge < -0.3 is 15.1 Å². The number of rotatable bonds is 6. The van der Waals surface area contributed by atoms with Gasteiger partial charge in [0.05, 0.1) is 12.0 Å². The second-order valence-corrected chi connectivity index (χ2v) is 6.39. The number of nitrogens with zero attached hydrogens (tertiary/aromatic N) is 2. The molecule has 1 aliphatic rings. The second kappa shape index (κ2) is 7.59. The van der Waals surface area contributed by atoms with Crippen LogP contribution >= 0.6 is 0 Å². The van der Waals surface area contributed by atoms with Crippen molar-refractivity contribution in [3.05, 3.63) is 35.4 Å². The molecular weight excluding hydrogens is 290 g/mol. The zero-order chi connectivity index (χ0) is 17.0. The first-order chi connectivity index (χ1) is 11.0. The van der Waals surface area contributed by atoms with Crippen molar-refractivity contribution in [2.75, 3.05) is 33.7 Å². The van der Waals surface area contributed by atoms with Gasteiger partial charge in [0.25, 0.3) is 0 Å². The molecule has 0 saturated carbocycles. The molecule has 2 amide bonds. The molecular formula is C18H27N3O2. The zero-order valence-corrected chi connectivity index (χ0v) is 14.5. The molecule has 1 fully saturated rings. The van der Waals surface area contributed by atoms with Gasteiger partial charge in [0.1, 0.15) is 0 Å². The summed E-state index contributed by atoms with van der Waals surface area (Å²) in [6.07, 6.45) is 0.292. The lowest BCUT2D eigenvalue weighted by molar-refractivity contribution is -0.129. The third-order valence-corrected chi connectivity index (χ3v) is 4.47. The largest absolute Gasteiger partial charge is 0.354 e. The molecule has 0 aromatic heterocycles. The summed E-state index contributed by atoms with van der Waals surface area (Å²) in [5.74, 6) is -0.274. The number of hydrogen-bond acceptors (Lipinski definition) is 3. The zero-order valence-electron chi connectivity index (χ0n) is 14.5. The lowest BCUT2D eigenvalue weighted by Crippen LogP contribution is -2.38. The van der Waals surface area contributed by atoms with Crippen molar-refractivity contribution >= 4 is 11.8 Å². The Kier molecular flexibility index (Phi) is 5.77. The Balaban J connectivity index is 2.21. The molecule has 0 spiro atoms. The minimum absolute atomic E-state index is 0.0237. The fourth-order valence-corrected chi connectivity index (χ4v) is 3.24. The van der Waals surface area contributed by atoms with Crippen molar-refractivity contribution in [2.24, 2.45) is 5.92 Å². The van der Waals surface area contributed by atoms with Crippen molar-refractivity contribution in [2.45, 2.75) is 26.3 Å².